The molecule has 0 aromatic heterocycles. The van der Waals surface area contributed by atoms with Crippen LogP contribution in [0.15, 0.2) is 54.6 Å². The van der Waals surface area contributed by atoms with Crippen LogP contribution in [-0.4, -0.2) is 75.1 Å². The molecule has 34 heavy (non-hydrogen) atoms. The third-order valence-electron chi connectivity index (χ3n) is 4.47. The van der Waals surface area contributed by atoms with Crippen molar-refractivity contribution in [1.82, 2.24) is 5.32 Å². The van der Waals surface area contributed by atoms with Crippen LogP contribution in [0.3, 0.4) is 0 Å². The Morgan fingerprint density at radius 2 is 1.65 bits per heavy atom. The number of carbonyl (C=O) groups excluding carboxylic acids is 2. The molecule has 0 aliphatic heterocycles. The van der Waals surface area contributed by atoms with Gasteiger partial charge < -0.3 is 34.1 Å². The summed E-state index contributed by atoms with van der Waals surface area (Å²) < 4.78 is 27.2. The van der Waals surface area contributed by atoms with Crippen molar-refractivity contribution >= 4 is 12.1 Å². The molecule has 0 bridgehead atoms. The number of aliphatic hydroxyl groups excluding tert-OH is 1. The number of aliphatic hydroxyl groups is 1. The molecular weight excluding hydrogens is 442 g/mol. The summed E-state index contributed by atoms with van der Waals surface area (Å²) in [6, 6.07) is 8.04. The van der Waals surface area contributed by atoms with Crippen molar-refractivity contribution in [3.8, 4) is 0 Å². The predicted molar refractivity (Wildman–Crippen MR) is 127 cm³/mol. The van der Waals surface area contributed by atoms with E-state index in [4.69, 9.17) is 23.7 Å². The average Bonchev–Trinajstić information content (AvgIpc) is 2.79. The third-order valence-corrected chi connectivity index (χ3v) is 4.47. The minimum absolute atomic E-state index is 0.0206. The molecule has 0 radical (unpaired) electrons. The molecule has 4 atom stereocenters. The highest BCUT2D eigenvalue weighted by molar-refractivity contribution is 5.81. The number of hydrogen-bond donors (Lipinski definition) is 2. The fraction of sp³-hybridized carbons (Fsp3) is 0.520. The first-order valence-electron chi connectivity index (χ1n) is 11.0. The van der Waals surface area contributed by atoms with Crippen LogP contribution < -0.4 is 5.32 Å². The van der Waals surface area contributed by atoms with Crippen molar-refractivity contribution in [2.75, 3.05) is 33.5 Å². The third kappa shape index (κ3) is 11.9. The minimum Gasteiger partial charge on any atom is -0.467 e. The number of hydrogen-bond acceptors (Lipinski definition) is 8. The van der Waals surface area contributed by atoms with Crippen LogP contribution in [0.5, 0.6) is 0 Å². The van der Waals surface area contributed by atoms with Crippen molar-refractivity contribution < 1.29 is 38.4 Å². The van der Waals surface area contributed by atoms with Crippen LogP contribution in [0.25, 0.3) is 0 Å². The van der Waals surface area contributed by atoms with Crippen molar-refractivity contribution in [3.63, 3.8) is 0 Å². The molecule has 0 aliphatic carbocycles. The number of alkyl carbamates (subject to hydrolysis) is 1. The van der Waals surface area contributed by atoms with Gasteiger partial charge in [-0.1, -0.05) is 54.6 Å². The zero-order chi connectivity index (χ0) is 25.5. The Morgan fingerprint density at radius 1 is 1.03 bits per heavy atom. The van der Waals surface area contributed by atoms with E-state index in [0.29, 0.717) is 0 Å². The van der Waals surface area contributed by atoms with Crippen LogP contribution in [0.2, 0.25) is 0 Å². The first kappa shape index (κ1) is 29.3. The van der Waals surface area contributed by atoms with Crippen LogP contribution >= 0.6 is 0 Å². The SMILES string of the molecule is C=C(C)COC(COCC(NC(=O)OCc1ccccc1)C(=O)OC)C(OCC(=C)C)C(C)O. The molecule has 1 rings (SSSR count). The standard InChI is InChI=1S/C25H37NO8/c1-17(2)12-32-22(23(19(5)27)33-13-18(3)4)16-31-15-21(24(28)30-6)26-25(29)34-14-20-10-8-7-9-11-20/h7-11,19,21-23,27H,1,3,12-16H2,2,4-6H3,(H,26,29). The van der Waals surface area contributed by atoms with Gasteiger partial charge in [-0.3, -0.25) is 0 Å². The van der Waals surface area contributed by atoms with E-state index in [0.717, 1.165) is 16.7 Å². The average molecular weight is 480 g/mol. The second kappa shape index (κ2) is 16.0. The molecular formula is C25H37NO8. The number of rotatable bonds is 16. The number of nitrogens with one attached hydrogen (secondary N) is 1. The Labute approximate surface area is 201 Å². The van der Waals surface area contributed by atoms with Crippen molar-refractivity contribution in [2.45, 2.75) is 51.7 Å². The fourth-order valence-corrected chi connectivity index (χ4v) is 2.80. The lowest BCUT2D eigenvalue weighted by atomic mass is 10.1. The van der Waals surface area contributed by atoms with Crippen molar-refractivity contribution in [2.24, 2.45) is 0 Å². The van der Waals surface area contributed by atoms with E-state index in [1.165, 1.54) is 7.11 Å². The highest BCUT2D eigenvalue weighted by Gasteiger charge is 2.29. The molecule has 1 amide bonds. The van der Waals surface area contributed by atoms with E-state index in [1.807, 2.05) is 44.2 Å². The molecule has 1 aromatic carbocycles. The number of carbonyl (C=O) groups is 2. The molecule has 2 N–H and O–H groups in total. The maximum absolute atomic E-state index is 12.2. The summed E-state index contributed by atoms with van der Waals surface area (Å²) in [5.74, 6) is -0.693. The number of amides is 1. The van der Waals surface area contributed by atoms with Crippen molar-refractivity contribution in [3.05, 3.63) is 60.2 Å². The Kier molecular flexibility index (Phi) is 13.8. The van der Waals surface area contributed by atoms with Gasteiger partial charge in [0.2, 0.25) is 0 Å². The highest BCUT2D eigenvalue weighted by Crippen LogP contribution is 2.13. The Morgan fingerprint density at radius 3 is 2.21 bits per heavy atom. The Hall–Kier alpha value is -2.72. The number of methoxy groups -OCH3 is 1. The molecule has 9 nitrogen and oxygen atoms in total. The largest absolute Gasteiger partial charge is 0.467 e. The lowest BCUT2D eigenvalue weighted by Gasteiger charge is -2.30. The summed E-state index contributed by atoms with van der Waals surface area (Å²) in [5, 5.41) is 12.7. The zero-order valence-electron chi connectivity index (χ0n) is 20.5. The van der Waals surface area contributed by atoms with E-state index in [9.17, 15) is 14.7 Å². The van der Waals surface area contributed by atoms with Gasteiger partial charge in [-0.2, -0.15) is 0 Å². The lowest BCUT2D eigenvalue weighted by molar-refractivity contribution is -0.148. The normalized spacial score (nSPS) is 14.4. The maximum atomic E-state index is 12.2. The molecule has 0 saturated heterocycles. The van der Waals surface area contributed by atoms with Gasteiger partial charge in [-0.25, -0.2) is 9.59 Å². The summed E-state index contributed by atoms with van der Waals surface area (Å²) in [4.78, 5) is 24.3. The molecule has 4 unspecified atom stereocenters. The topological polar surface area (TPSA) is 113 Å². The van der Waals surface area contributed by atoms with Gasteiger partial charge in [0.05, 0.1) is 39.6 Å². The van der Waals surface area contributed by atoms with Gasteiger partial charge >= 0.3 is 12.1 Å². The van der Waals surface area contributed by atoms with Crippen LogP contribution in [0.4, 0.5) is 4.79 Å². The van der Waals surface area contributed by atoms with Gasteiger partial charge in [-0.15, -0.1) is 0 Å². The second-order valence-corrected chi connectivity index (χ2v) is 8.10. The van der Waals surface area contributed by atoms with Gasteiger partial charge in [0.1, 0.15) is 18.8 Å². The molecule has 0 heterocycles. The quantitative estimate of drug-likeness (QED) is 0.275. The summed E-state index contributed by atoms with van der Waals surface area (Å²) in [6.45, 7) is 13.1. The Bertz CT molecular complexity index is 780. The van der Waals surface area contributed by atoms with Gasteiger partial charge in [0, 0.05) is 0 Å². The first-order chi connectivity index (χ1) is 16.1. The van der Waals surface area contributed by atoms with Crippen molar-refractivity contribution in [1.29, 1.82) is 0 Å². The van der Waals surface area contributed by atoms with Gasteiger partial charge in [-0.05, 0) is 26.3 Å². The minimum atomic E-state index is -1.10. The molecule has 0 aliphatic rings. The van der Waals surface area contributed by atoms with Crippen LogP contribution in [-0.2, 0) is 35.1 Å². The summed E-state index contributed by atoms with van der Waals surface area (Å²) in [6.07, 6.45) is -3.03. The lowest BCUT2D eigenvalue weighted by Crippen LogP contribution is -2.47. The molecule has 0 saturated carbocycles. The smallest absolute Gasteiger partial charge is 0.408 e. The van der Waals surface area contributed by atoms with E-state index >= 15 is 0 Å². The molecule has 9 heteroatoms. The van der Waals surface area contributed by atoms with Crippen LogP contribution in [0, 0.1) is 0 Å². The van der Waals surface area contributed by atoms with E-state index < -0.39 is 36.4 Å². The van der Waals surface area contributed by atoms with Gasteiger partial charge in [0.15, 0.2) is 6.04 Å². The second-order valence-electron chi connectivity index (χ2n) is 8.10. The maximum Gasteiger partial charge on any atom is 0.408 e. The first-order valence-corrected chi connectivity index (χ1v) is 11.0. The number of ether oxygens (including phenoxy) is 5. The molecule has 1 aromatic rings. The predicted octanol–water partition coefficient (Wildman–Crippen LogP) is 2.77. The Balaban J connectivity index is 2.72. The van der Waals surface area contributed by atoms with E-state index in [-0.39, 0.29) is 33.0 Å². The van der Waals surface area contributed by atoms with Gasteiger partial charge in [0.25, 0.3) is 0 Å². The summed E-state index contributed by atoms with van der Waals surface area (Å²) in [7, 11) is 1.21. The van der Waals surface area contributed by atoms with E-state index in [1.54, 1.807) is 6.92 Å². The fourth-order valence-electron chi connectivity index (χ4n) is 2.80. The number of benzene rings is 1. The summed E-state index contributed by atoms with van der Waals surface area (Å²) in [5.41, 5.74) is 2.37. The monoisotopic (exact) mass is 479 g/mol. The molecule has 0 spiro atoms. The molecule has 0 fully saturated rings. The van der Waals surface area contributed by atoms with Crippen LogP contribution in [0.1, 0.15) is 26.3 Å². The summed E-state index contributed by atoms with van der Waals surface area (Å²) >= 11 is 0. The molecule has 190 valence electrons. The van der Waals surface area contributed by atoms with E-state index in [2.05, 4.69) is 18.5 Å². The zero-order valence-corrected chi connectivity index (χ0v) is 20.5. The highest BCUT2D eigenvalue weighted by atomic mass is 16.6. The number of esters is 1.